The zero-order chi connectivity index (χ0) is 16.4. The van der Waals surface area contributed by atoms with Gasteiger partial charge in [-0.15, -0.1) is 0 Å². The van der Waals surface area contributed by atoms with E-state index in [0.717, 1.165) is 30.0 Å². The van der Waals surface area contributed by atoms with Gasteiger partial charge in [0.15, 0.2) is 5.78 Å². The molecular formula is C19H28N2O2. The molecule has 1 N–H and O–H groups in total. The molecule has 4 nitrogen and oxygen atoms in total. The number of benzene rings is 1. The highest BCUT2D eigenvalue weighted by molar-refractivity contribution is 5.99. The van der Waals surface area contributed by atoms with Gasteiger partial charge in [0.1, 0.15) is 11.9 Å². The van der Waals surface area contributed by atoms with Gasteiger partial charge in [-0.05, 0) is 51.3 Å². The third kappa shape index (κ3) is 3.52. The number of anilines is 1. The van der Waals surface area contributed by atoms with Crippen LogP contribution >= 0.6 is 0 Å². The Bertz CT molecular complexity index is 562. The zero-order valence-electron chi connectivity index (χ0n) is 14.5. The Hall–Kier alpha value is -1.55. The number of nitrogens with one attached hydrogen (secondary N) is 1. The van der Waals surface area contributed by atoms with Crippen LogP contribution in [0.5, 0.6) is 5.75 Å². The Balaban J connectivity index is 1.71. The fourth-order valence-electron chi connectivity index (χ4n) is 3.66. The topological polar surface area (TPSA) is 41.6 Å². The summed E-state index contributed by atoms with van der Waals surface area (Å²) in [4.78, 5) is 15.0. The lowest BCUT2D eigenvalue weighted by molar-refractivity contribution is 0.0734. The van der Waals surface area contributed by atoms with Crippen LogP contribution in [-0.2, 0) is 0 Å². The average molecular weight is 316 g/mol. The molecule has 23 heavy (non-hydrogen) atoms. The Morgan fingerprint density at radius 2 is 2.04 bits per heavy atom. The number of piperidine rings is 1. The van der Waals surface area contributed by atoms with E-state index in [1.807, 2.05) is 18.2 Å². The predicted octanol–water partition coefficient (Wildman–Crippen LogP) is 3.72. The second-order valence-corrected chi connectivity index (χ2v) is 6.96. The molecule has 0 aliphatic carbocycles. The molecule has 3 rings (SSSR count). The summed E-state index contributed by atoms with van der Waals surface area (Å²) in [5.74, 6) is 1.06. The number of carbonyl (C=O) groups excluding carboxylic acids is 1. The van der Waals surface area contributed by atoms with E-state index in [4.69, 9.17) is 4.74 Å². The summed E-state index contributed by atoms with van der Waals surface area (Å²) >= 11 is 0. The zero-order valence-corrected chi connectivity index (χ0v) is 14.5. The largest absolute Gasteiger partial charge is 0.486 e. The molecule has 0 radical (unpaired) electrons. The van der Waals surface area contributed by atoms with E-state index in [-0.39, 0.29) is 11.9 Å². The minimum atomic E-state index is 0.202. The van der Waals surface area contributed by atoms with Crippen molar-refractivity contribution in [3.8, 4) is 5.75 Å². The maximum Gasteiger partial charge on any atom is 0.176 e. The minimum Gasteiger partial charge on any atom is -0.486 e. The SMILES string of the molecule is CCC1CNc2cc(C(=O)CN3C(C)CCCC3C)ccc2O1. The first kappa shape index (κ1) is 16.3. The second kappa shape index (κ2) is 6.91. The van der Waals surface area contributed by atoms with Gasteiger partial charge in [-0.3, -0.25) is 9.69 Å². The van der Waals surface area contributed by atoms with Crippen LogP contribution in [0.1, 0.15) is 56.8 Å². The molecule has 2 aliphatic rings. The molecular weight excluding hydrogens is 288 g/mol. The first-order valence-corrected chi connectivity index (χ1v) is 8.92. The maximum atomic E-state index is 12.7. The summed E-state index contributed by atoms with van der Waals surface area (Å²) in [5.41, 5.74) is 1.72. The standard InChI is InChI=1S/C19H28N2O2/c1-4-16-11-20-17-10-15(8-9-19(17)23-16)18(22)12-21-13(2)6-5-7-14(21)3/h8-10,13-14,16,20H,4-7,11-12H2,1-3H3. The first-order valence-electron chi connectivity index (χ1n) is 8.92. The highest BCUT2D eigenvalue weighted by atomic mass is 16.5. The summed E-state index contributed by atoms with van der Waals surface area (Å²) < 4.78 is 5.92. The van der Waals surface area contributed by atoms with Gasteiger partial charge in [0.25, 0.3) is 0 Å². The summed E-state index contributed by atoms with van der Waals surface area (Å²) in [6.07, 6.45) is 4.86. The Morgan fingerprint density at radius 3 is 2.74 bits per heavy atom. The van der Waals surface area contributed by atoms with Gasteiger partial charge in [-0.25, -0.2) is 0 Å². The Labute approximate surface area is 139 Å². The van der Waals surface area contributed by atoms with Crippen LogP contribution in [0.15, 0.2) is 18.2 Å². The molecule has 1 aromatic carbocycles. The van der Waals surface area contributed by atoms with Gasteiger partial charge >= 0.3 is 0 Å². The van der Waals surface area contributed by atoms with Crippen molar-refractivity contribution in [1.82, 2.24) is 4.90 Å². The van der Waals surface area contributed by atoms with Gasteiger partial charge in [0.05, 0.1) is 18.8 Å². The van der Waals surface area contributed by atoms with E-state index in [1.165, 1.54) is 19.3 Å². The lowest BCUT2D eigenvalue weighted by atomic mass is 9.96. The molecule has 0 bridgehead atoms. The van der Waals surface area contributed by atoms with Crippen molar-refractivity contribution in [3.63, 3.8) is 0 Å². The Morgan fingerprint density at radius 1 is 1.30 bits per heavy atom. The molecule has 0 saturated carbocycles. The van der Waals surface area contributed by atoms with Crippen molar-refractivity contribution in [2.24, 2.45) is 0 Å². The number of Topliss-reactive ketones (excluding diaryl/α,β-unsaturated/α-hetero) is 1. The number of nitrogens with zero attached hydrogens (tertiary/aromatic N) is 1. The van der Waals surface area contributed by atoms with E-state index >= 15 is 0 Å². The van der Waals surface area contributed by atoms with Crippen molar-refractivity contribution in [3.05, 3.63) is 23.8 Å². The molecule has 2 heterocycles. The number of hydrogen-bond donors (Lipinski definition) is 1. The van der Waals surface area contributed by atoms with Gasteiger partial charge in [-0.1, -0.05) is 13.3 Å². The highest BCUT2D eigenvalue weighted by Crippen LogP contribution is 2.31. The number of likely N-dealkylation sites (tertiary alicyclic amines) is 1. The van der Waals surface area contributed by atoms with E-state index in [0.29, 0.717) is 18.6 Å². The third-order valence-electron chi connectivity index (χ3n) is 5.27. The van der Waals surface area contributed by atoms with Gasteiger partial charge < -0.3 is 10.1 Å². The van der Waals surface area contributed by atoms with E-state index in [2.05, 4.69) is 31.0 Å². The maximum absolute atomic E-state index is 12.7. The normalized spacial score (nSPS) is 27.7. The van der Waals surface area contributed by atoms with E-state index < -0.39 is 0 Å². The lowest BCUT2D eigenvalue weighted by Gasteiger charge is -2.38. The van der Waals surface area contributed by atoms with Crippen molar-refractivity contribution in [2.45, 2.75) is 64.6 Å². The van der Waals surface area contributed by atoms with E-state index in [9.17, 15) is 4.79 Å². The van der Waals surface area contributed by atoms with Crippen molar-refractivity contribution in [1.29, 1.82) is 0 Å². The summed E-state index contributed by atoms with van der Waals surface area (Å²) in [5, 5.41) is 3.39. The molecule has 2 aliphatic heterocycles. The Kier molecular flexibility index (Phi) is 4.90. The molecule has 1 saturated heterocycles. The number of rotatable bonds is 4. The fraction of sp³-hybridized carbons (Fsp3) is 0.632. The smallest absolute Gasteiger partial charge is 0.176 e. The highest BCUT2D eigenvalue weighted by Gasteiger charge is 2.27. The quantitative estimate of drug-likeness (QED) is 0.860. The van der Waals surface area contributed by atoms with Crippen LogP contribution in [0.25, 0.3) is 0 Å². The first-order chi connectivity index (χ1) is 11.1. The van der Waals surface area contributed by atoms with Crippen LogP contribution < -0.4 is 10.1 Å². The molecule has 1 fully saturated rings. The predicted molar refractivity (Wildman–Crippen MR) is 93.5 cm³/mol. The molecule has 4 heteroatoms. The molecule has 3 atom stereocenters. The van der Waals surface area contributed by atoms with Gasteiger partial charge in [0, 0.05) is 17.6 Å². The summed E-state index contributed by atoms with van der Waals surface area (Å²) in [6.45, 7) is 7.91. The van der Waals surface area contributed by atoms with Crippen LogP contribution in [0, 0.1) is 0 Å². The van der Waals surface area contributed by atoms with Crippen LogP contribution in [-0.4, -0.2) is 42.0 Å². The van der Waals surface area contributed by atoms with Crippen LogP contribution in [0.2, 0.25) is 0 Å². The van der Waals surface area contributed by atoms with E-state index in [1.54, 1.807) is 0 Å². The second-order valence-electron chi connectivity index (χ2n) is 6.96. The van der Waals surface area contributed by atoms with Gasteiger partial charge in [-0.2, -0.15) is 0 Å². The van der Waals surface area contributed by atoms with Crippen LogP contribution in [0.4, 0.5) is 5.69 Å². The molecule has 1 aromatic rings. The van der Waals surface area contributed by atoms with Crippen molar-refractivity contribution < 1.29 is 9.53 Å². The average Bonchev–Trinajstić information content (AvgIpc) is 2.57. The van der Waals surface area contributed by atoms with Crippen LogP contribution in [0.3, 0.4) is 0 Å². The summed E-state index contributed by atoms with van der Waals surface area (Å²) in [6, 6.07) is 6.77. The molecule has 3 unspecified atom stereocenters. The summed E-state index contributed by atoms with van der Waals surface area (Å²) in [7, 11) is 0. The minimum absolute atomic E-state index is 0.202. The monoisotopic (exact) mass is 316 g/mol. The number of ether oxygens (including phenoxy) is 1. The van der Waals surface area contributed by atoms with Crippen molar-refractivity contribution in [2.75, 3.05) is 18.4 Å². The molecule has 0 amide bonds. The lowest BCUT2D eigenvalue weighted by Crippen LogP contribution is -2.46. The molecule has 126 valence electrons. The van der Waals surface area contributed by atoms with Gasteiger partial charge in [0.2, 0.25) is 0 Å². The molecule has 0 spiro atoms. The number of ketones is 1. The number of carbonyl (C=O) groups is 1. The number of hydrogen-bond acceptors (Lipinski definition) is 4. The van der Waals surface area contributed by atoms with Crippen molar-refractivity contribution >= 4 is 11.5 Å². The number of fused-ring (bicyclic) bond motifs is 1. The molecule has 0 aromatic heterocycles. The third-order valence-corrected chi connectivity index (χ3v) is 5.27. The fourth-order valence-corrected chi connectivity index (χ4v) is 3.66.